The number of hydrogen-bond donors (Lipinski definition) is 0. The van der Waals surface area contributed by atoms with Gasteiger partial charge in [-0.25, -0.2) is 9.59 Å². The summed E-state index contributed by atoms with van der Waals surface area (Å²) >= 11 is 0. The molecule has 0 saturated heterocycles. The van der Waals surface area contributed by atoms with Crippen molar-refractivity contribution in [2.45, 2.75) is 0 Å². The molecule has 0 unspecified atom stereocenters. The van der Waals surface area contributed by atoms with Crippen LogP contribution in [-0.2, 0) is 0 Å². The molecule has 0 amide bonds. The maximum absolute atomic E-state index is 11.0. The van der Waals surface area contributed by atoms with Gasteiger partial charge in [-0.2, -0.15) is 0 Å². The third kappa shape index (κ3) is 1.03. The van der Waals surface area contributed by atoms with Crippen molar-refractivity contribution in [2.75, 3.05) is 0 Å². The van der Waals surface area contributed by atoms with Crippen molar-refractivity contribution in [3.63, 3.8) is 0 Å². The van der Waals surface area contributed by atoms with Crippen molar-refractivity contribution in [1.29, 1.82) is 0 Å². The minimum Gasteiger partial charge on any atom is -0.398 e. The van der Waals surface area contributed by atoms with Crippen LogP contribution in [0, 0.1) is 0 Å². The Morgan fingerprint density at radius 2 is 1.87 bits per heavy atom. The van der Waals surface area contributed by atoms with Crippen LogP contribution < -0.4 is 11.3 Å². The van der Waals surface area contributed by atoms with E-state index in [1.54, 1.807) is 18.2 Å². The van der Waals surface area contributed by atoms with Gasteiger partial charge in [-0.15, -0.1) is 4.57 Å². The van der Waals surface area contributed by atoms with Crippen molar-refractivity contribution in [2.24, 2.45) is 0 Å². The van der Waals surface area contributed by atoms with Gasteiger partial charge in [-0.05, 0) is 6.07 Å². The lowest BCUT2D eigenvalue weighted by atomic mass is 10.3. The summed E-state index contributed by atoms with van der Waals surface area (Å²) in [4.78, 5) is 21.9. The summed E-state index contributed by atoms with van der Waals surface area (Å²) in [6.45, 7) is 0. The van der Waals surface area contributed by atoms with E-state index >= 15 is 0 Å². The molecule has 1 aromatic carbocycles. The molecule has 0 radical (unpaired) electrons. The molecule has 5 heteroatoms. The van der Waals surface area contributed by atoms with Crippen molar-refractivity contribution >= 4 is 16.6 Å². The van der Waals surface area contributed by atoms with Crippen molar-refractivity contribution in [3.05, 3.63) is 51.2 Å². The average molecular weight is 203 g/mol. The summed E-state index contributed by atoms with van der Waals surface area (Å²) in [5.74, 6) is 0. The molecule has 0 N–H and O–H groups in total. The van der Waals surface area contributed by atoms with Crippen molar-refractivity contribution < 1.29 is 8.94 Å². The van der Waals surface area contributed by atoms with Crippen LogP contribution >= 0.6 is 0 Å². The Hall–Kier alpha value is -2.30. The number of benzene rings is 1. The van der Waals surface area contributed by atoms with E-state index in [4.69, 9.17) is 8.94 Å². The molecule has 5 nitrogen and oxygen atoms in total. The fourth-order valence-electron chi connectivity index (χ4n) is 1.53. The molecule has 0 aliphatic rings. The van der Waals surface area contributed by atoms with Gasteiger partial charge >= 0.3 is 11.3 Å². The summed E-state index contributed by atoms with van der Waals surface area (Å²) in [6.07, 6.45) is 0. The number of nitrogens with zero attached hydrogens (tertiary/aromatic N) is 1. The van der Waals surface area contributed by atoms with Gasteiger partial charge in [0.05, 0.1) is 5.52 Å². The van der Waals surface area contributed by atoms with Crippen LogP contribution in [0.5, 0.6) is 0 Å². The molecule has 3 rings (SSSR count). The number of rotatable bonds is 0. The first kappa shape index (κ1) is 8.05. The number of hydrogen-bond acceptors (Lipinski definition) is 4. The molecule has 0 spiro atoms. The van der Waals surface area contributed by atoms with Gasteiger partial charge in [0.15, 0.2) is 0 Å². The molecule has 0 saturated carbocycles. The highest BCUT2D eigenvalue weighted by atomic mass is 16.5. The molecule has 74 valence electrons. The Labute approximate surface area is 82.1 Å². The van der Waals surface area contributed by atoms with Crippen molar-refractivity contribution in [3.8, 4) is 0 Å². The van der Waals surface area contributed by atoms with E-state index in [-0.39, 0.29) is 5.71 Å². The van der Waals surface area contributed by atoms with Crippen LogP contribution in [0.15, 0.2) is 48.9 Å². The summed E-state index contributed by atoms with van der Waals surface area (Å²) < 4.78 is 10.8. The van der Waals surface area contributed by atoms with Crippen molar-refractivity contribution in [1.82, 2.24) is 4.57 Å². The Bertz CT molecular complexity index is 762. The molecular formula is C10H5NO4. The van der Waals surface area contributed by atoms with Crippen LogP contribution in [0.3, 0.4) is 0 Å². The largest absolute Gasteiger partial charge is 0.442 e. The molecule has 0 atom stereocenters. The molecule has 2 aromatic heterocycles. The maximum atomic E-state index is 11.0. The highest BCUT2D eigenvalue weighted by Crippen LogP contribution is 2.17. The maximum Gasteiger partial charge on any atom is 0.442 e. The van der Waals surface area contributed by atoms with Crippen LogP contribution in [0.2, 0.25) is 0 Å². The Morgan fingerprint density at radius 1 is 1.07 bits per heavy atom. The fourth-order valence-corrected chi connectivity index (χ4v) is 1.53. The second kappa shape index (κ2) is 2.60. The molecule has 15 heavy (non-hydrogen) atoms. The first-order valence-electron chi connectivity index (χ1n) is 4.31. The van der Waals surface area contributed by atoms with E-state index in [0.29, 0.717) is 5.52 Å². The van der Waals surface area contributed by atoms with Crippen LogP contribution in [0.1, 0.15) is 0 Å². The quantitative estimate of drug-likeness (QED) is 0.511. The summed E-state index contributed by atoms with van der Waals surface area (Å²) in [5, 5.41) is 0.843. The van der Waals surface area contributed by atoms with E-state index in [2.05, 4.69) is 0 Å². The molecule has 0 fully saturated rings. The molecular weight excluding hydrogens is 198 g/mol. The first-order chi connectivity index (χ1) is 7.25. The normalized spacial score (nSPS) is 11.2. The molecule has 2 heterocycles. The van der Waals surface area contributed by atoms with E-state index in [9.17, 15) is 9.59 Å². The lowest BCUT2D eigenvalue weighted by Gasteiger charge is -1.91. The number of aromatic nitrogens is 1. The van der Waals surface area contributed by atoms with Gasteiger partial charge in [0.25, 0.3) is 0 Å². The average Bonchev–Trinajstić information content (AvgIpc) is 2.57. The summed E-state index contributed by atoms with van der Waals surface area (Å²) in [6, 6.07) is 8.89. The van der Waals surface area contributed by atoms with E-state index in [0.717, 1.165) is 5.39 Å². The van der Waals surface area contributed by atoms with Gasteiger partial charge in [-0.3, -0.25) is 0 Å². The fraction of sp³-hybridized carbons (Fsp3) is 0. The standard InChI is InChI=1S/C10H5NO4/c12-9-10(13)15-11-7-4-2-1-3-6(7)5-8(11)14-9/h1-5H. The predicted octanol–water partition coefficient (Wildman–Crippen LogP) is 0.999. The molecule has 0 aliphatic carbocycles. The first-order valence-corrected chi connectivity index (χ1v) is 4.31. The van der Waals surface area contributed by atoms with Crippen LogP contribution in [0.25, 0.3) is 16.6 Å². The number of para-hydroxylation sites is 1. The third-order valence-corrected chi connectivity index (χ3v) is 2.17. The zero-order valence-corrected chi connectivity index (χ0v) is 7.47. The zero-order chi connectivity index (χ0) is 10.4. The topological polar surface area (TPSA) is 64.8 Å². The second-order valence-corrected chi connectivity index (χ2v) is 3.10. The van der Waals surface area contributed by atoms with Gasteiger partial charge < -0.3 is 8.94 Å². The minimum absolute atomic E-state index is 0.223. The van der Waals surface area contributed by atoms with Crippen LogP contribution in [0.4, 0.5) is 0 Å². The summed E-state index contributed by atoms with van der Waals surface area (Å²) in [7, 11) is 0. The smallest absolute Gasteiger partial charge is 0.398 e. The Kier molecular flexibility index (Phi) is 1.39. The minimum atomic E-state index is -1.01. The SMILES string of the molecule is O=c1oc2cc3ccccc3n2oc1=O. The van der Waals surface area contributed by atoms with E-state index in [1.807, 2.05) is 12.1 Å². The second-order valence-electron chi connectivity index (χ2n) is 3.10. The third-order valence-electron chi connectivity index (χ3n) is 2.17. The Morgan fingerprint density at radius 3 is 2.73 bits per heavy atom. The Balaban J connectivity index is 2.67. The van der Waals surface area contributed by atoms with Gasteiger partial charge in [0, 0.05) is 11.5 Å². The summed E-state index contributed by atoms with van der Waals surface area (Å²) in [5.41, 5.74) is -1.09. The zero-order valence-electron chi connectivity index (χ0n) is 7.47. The number of fused-ring (bicyclic) bond motifs is 3. The lowest BCUT2D eigenvalue weighted by molar-refractivity contribution is 0.287. The lowest BCUT2D eigenvalue weighted by Crippen LogP contribution is -2.22. The van der Waals surface area contributed by atoms with Gasteiger partial charge in [-0.1, -0.05) is 18.2 Å². The highest BCUT2D eigenvalue weighted by molar-refractivity contribution is 5.84. The molecule has 3 aromatic rings. The van der Waals surface area contributed by atoms with Gasteiger partial charge in [0.1, 0.15) is 0 Å². The molecule has 0 aliphatic heterocycles. The monoisotopic (exact) mass is 203 g/mol. The van der Waals surface area contributed by atoms with Gasteiger partial charge in [0.2, 0.25) is 5.71 Å². The predicted molar refractivity (Wildman–Crippen MR) is 52.0 cm³/mol. The van der Waals surface area contributed by atoms with E-state index in [1.165, 1.54) is 4.57 Å². The van der Waals surface area contributed by atoms with E-state index < -0.39 is 11.3 Å². The molecule has 0 bridgehead atoms. The van der Waals surface area contributed by atoms with Crippen LogP contribution in [-0.4, -0.2) is 4.57 Å². The highest BCUT2D eigenvalue weighted by Gasteiger charge is 2.08.